The molecule has 5 nitrogen and oxygen atoms in total. The van der Waals surface area contributed by atoms with Crippen LogP contribution in [0.15, 0.2) is 24.3 Å². The van der Waals surface area contributed by atoms with Crippen molar-refractivity contribution >= 4 is 11.8 Å². The van der Waals surface area contributed by atoms with Crippen molar-refractivity contribution in [3.8, 4) is 5.75 Å². The Morgan fingerprint density at radius 2 is 2.00 bits per heavy atom. The van der Waals surface area contributed by atoms with Gasteiger partial charge in [0.15, 0.2) is 0 Å². The number of methoxy groups -OCH3 is 1. The minimum Gasteiger partial charge on any atom is -0.497 e. The van der Waals surface area contributed by atoms with Crippen LogP contribution < -0.4 is 10.1 Å². The van der Waals surface area contributed by atoms with E-state index in [1.807, 2.05) is 24.3 Å². The quantitative estimate of drug-likeness (QED) is 0.759. The van der Waals surface area contributed by atoms with Gasteiger partial charge in [0.1, 0.15) is 5.75 Å². The molecule has 0 aliphatic heterocycles. The van der Waals surface area contributed by atoms with Crippen molar-refractivity contribution in [1.82, 2.24) is 10.2 Å². The van der Waals surface area contributed by atoms with E-state index in [1.54, 1.807) is 12.0 Å². The smallest absolute Gasteiger partial charge is 0.221 e. The van der Waals surface area contributed by atoms with Gasteiger partial charge in [0.2, 0.25) is 11.8 Å². The first-order chi connectivity index (χ1) is 10.9. The van der Waals surface area contributed by atoms with Crippen LogP contribution in [0.2, 0.25) is 0 Å². The molecular formula is C18H28N2O3. The van der Waals surface area contributed by atoms with Crippen LogP contribution in [0, 0.1) is 5.92 Å². The van der Waals surface area contributed by atoms with Crippen molar-refractivity contribution in [2.75, 3.05) is 26.7 Å². The Hall–Kier alpha value is -2.04. The zero-order chi connectivity index (χ0) is 17.2. The van der Waals surface area contributed by atoms with Gasteiger partial charge in [-0.25, -0.2) is 0 Å². The summed E-state index contributed by atoms with van der Waals surface area (Å²) in [5.74, 6) is 1.22. The van der Waals surface area contributed by atoms with Crippen LogP contribution in [-0.4, -0.2) is 43.5 Å². The molecule has 23 heavy (non-hydrogen) atoms. The molecular weight excluding hydrogens is 292 g/mol. The summed E-state index contributed by atoms with van der Waals surface area (Å²) in [5.41, 5.74) is 1.11. The predicted molar refractivity (Wildman–Crippen MR) is 91.4 cm³/mol. The molecule has 1 N–H and O–H groups in total. The molecule has 0 spiro atoms. The highest BCUT2D eigenvalue weighted by Gasteiger charge is 2.11. The maximum atomic E-state index is 11.8. The highest BCUT2D eigenvalue weighted by atomic mass is 16.5. The number of carbonyl (C=O) groups excluding carboxylic acids is 2. The van der Waals surface area contributed by atoms with Gasteiger partial charge in [0.25, 0.3) is 0 Å². The van der Waals surface area contributed by atoms with E-state index in [9.17, 15) is 9.59 Å². The first-order valence-corrected chi connectivity index (χ1v) is 8.07. The highest BCUT2D eigenvalue weighted by Crippen LogP contribution is 2.13. The van der Waals surface area contributed by atoms with E-state index in [2.05, 4.69) is 19.2 Å². The van der Waals surface area contributed by atoms with E-state index in [0.29, 0.717) is 32.0 Å². The number of hydrogen-bond acceptors (Lipinski definition) is 3. The normalized spacial score (nSPS) is 10.5. The zero-order valence-corrected chi connectivity index (χ0v) is 14.6. The molecule has 0 fully saturated rings. The summed E-state index contributed by atoms with van der Waals surface area (Å²) in [4.78, 5) is 25.2. The summed E-state index contributed by atoms with van der Waals surface area (Å²) in [6.07, 6.45) is 1.08. The molecule has 0 heterocycles. The fraction of sp³-hybridized carbons (Fsp3) is 0.556. The second-order valence-electron chi connectivity index (χ2n) is 6.06. The van der Waals surface area contributed by atoms with Crippen molar-refractivity contribution < 1.29 is 14.3 Å². The Balaban J connectivity index is 2.45. The third kappa shape index (κ3) is 7.68. The molecule has 0 saturated carbocycles. The minimum absolute atomic E-state index is 0.00803. The van der Waals surface area contributed by atoms with Crippen LogP contribution in [0.4, 0.5) is 0 Å². The number of nitrogens with one attached hydrogen (secondary N) is 1. The lowest BCUT2D eigenvalue weighted by Gasteiger charge is -2.21. The number of hydrogen-bond donors (Lipinski definition) is 1. The third-order valence-electron chi connectivity index (χ3n) is 3.57. The number of nitrogens with zero attached hydrogens (tertiary/aromatic N) is 1. The van der Waals surface area contributed by atoms with Gasteiger partial charge in [-0.1, -0.05) is 26.0 Å². The molecule has 0 bridgehead atoms. The summed E-state index contributed by atoms with van der Waals surface area (Å²) < 4.78 is 5.20. The standard InChI is InChI=1S/C18H28N2O3/c1-14(2)13-19-18(22)9-11-20(15(3)21)10-8-16-6-5-7-17(12-16)23-4/h5-7,12,14H,8-11,13H2,1-4H3,(H,19,22). The summed E-state index contributed by atoms with van der Waals surface area (Å²) in [6.45, 7) is 7.36. The Bertz CT molecular complexity index is 515. The lowest BCUT2D eigenvalue weighted by molar-refractivity contribution is -0.129. The van der Waals surface area contributed by atoms with Gasteiger partial charge >= 0.3 is 0 Å². The van der Waals surface area contributed by atoms with Gasteiger partial charge in [-0.3, -0.25) is 9.59 Å². The lowest BCUT2D eigenvalue weighted by Crippen LogP contribution is -2.36. The van der Waals surface area contributed by atoms with Gasteiger partial charge in [0, 0.05) is 33.0 Å². The number of ether oxygens (including phenoxy) is 1. The van der Waals surface area contributed by atoms with Gasteiger partial charge in [-0.15, -0.1) is 0 Å². The number of carbonyl (C=O) groups is 2. The van der Waals surface area contributed by atoms with Crippen LogP contribution in [0.5, 0.6) is 5.75 Å². The Kier molecular flexibility index (Phi) is 8.16. The SMILES string of the molecule is COc1cccc(CCN(CCC(=O)NCC(C)C)C(C)=O)c1. The van der Waals surface area contributed by atoms with E-state index in [1.165, 1.54) is 6.92 Å². The maximum Gasteiger partial charge on any atom is 0.221 e. The van der Waals surface area contributed by atoms with Crippen LogP contribution in [0.1, 0.15) is 32.8 Å². The molecule has 1 aromatic rings. The average molecular weight is 320 g/mol. The first-order valence-electron chi connectivity index (χ1n) is 8.07. The molecule has 1 aromatic carbocycles. The molecule has 0 aliphatic carbocycles. The molecule has 0 unspecified atom stereocenters. The van der Waals surface area contributed by atoms with Crippen molar-refractivity contribution in [3.63, 3.8) is 0 Å². The Labute approximate surface area is 139 Å². The van der Waals surface area contributed by atoms with E-state index < -0.39 is 0 Å². The highest BCUT2D eigenvalue weighted by molar-refractivity contribution is 5.78. The first kappa shape index (κ1) is 19.0. The molecule has 1 rings (SSSR count). The van der Waals surface area contributed by atoms with Gasteiger partial charge in [-0.2, -0.15) is 0 Å². The van der Waals surface area contributed by atoms with Crippen LogP contribution in [-0.2, 0) is 16.0 Å². The molecule has 0 aromatic heterocycles. The van der Waals surface area contributed by atoms with Crippen LogP contribution in [0.25, 0.3) is 0 Å². The zero-order valence-electron chi connectivity index (χ0n) is 14.6. The van der Waals surface area contributed by atoms with Crippen molar-refractivity contribution in [3.05, 3.63) is 29.8 Å². The van der Waals surface area contributed by atoms with E-state index >= 15 is 0 Å². The second kappa shape index (κ2) is 9.87. The minimum atomic E-state index is -0.00967. The van der Waals surface area contributed by atoms with E-state index in [-0.39, 0.29) is 11.8 Å². The van der Waals surface area contributed by atoms with Crippen LogP contribution in [0.3, 0.4) is 0 Å². The molecule has 0 saturated heterocycles. The molecule has 0 radical (unpaired) electrons. The maximum absolute atomic E-state index is 11.8. The molecule has 0 aliphatic rings. The fourth-order valence-corrected chi connectivity index (χ4v) is 2.16. The van der Waals surface area contributed by atoms with Crippen LogP contribution >= 0.6 is 0 Å². The lowest BCUT2D eigenvalue weighted by atomic mass is 10.1. The fourth-order valence-electron chi connectivity index (χ4n) is 2.16. The number of amides is 2. The summed E-state index contributed by atoms with van der Waals surface area (Å²) in [7, 11) is 1.64. The number of benzene rings is 1. The summed E-state index contributed by atoms with van der Waals surface area (Å²) in [6, 6.07) is 7.81. The van der Waals surface area contributed by atoms with Gasteiger partial charge in [0.05, 0.1) is 7.11 Å². The van der Waals surface area contributed by atoms with Crippen molar-refractivity contribution in [1.29, 1.82) is 0 Å². The second-order valence-corrected chi connectivity index (χ2v) is 6.06. The van der Waals surface area contributed by atoms with Crippen molar-refractivity contribution in [2.24, 2.45) is 5.92 Å². The van der Waals surface area contributed by atoms with Crippen molar-refractivity contribution in [2.45, 2.75) is 33.6 Å². The molecule has 0 atom stereocenters. The van der Waals surface area contributed by atoms with Gasteiger partial charge in [-0.05, 0) is 30.0 Å². The molecule has 128 valence electrons. The monoisotopic (exact) mass is 320 g/mol. The Morgan fingerprint density at radius 1 is 1.26 bits per heavy atom. The Morgan fingerprint density at radius 3 is 2.61 bits per heavy atom. The average Bonchev–Trinajstić information content (AvgIpc) is 2.52. The largest absolute Gasteiger partial charge is 0.497 e. The predicted octanol–water partition coefficient (Wildman–Crippen LogP) is 2.25. The number of rotatable bonds is 9. The summed E-state index contributed by atoms with van der Waals surface area (Å²) >= 11 is 0. The topological polar surface area (TPSA) is 58.6 Å². The van der Waals surface area contributed by atoms with Gasteiger partial charge < -0.3 is 15.0 Å². The molecule has 5 heteroatoms. The third-order valence-corrected chi connectivity index (χ3v) is 3.57. The summed E-state index contributed by atoms with van der Waals surface area (Å²) in [5, 5.41) is 2.87. The molecule has 2 amide bonds. The van der Waals surface area contributed by atoms with E-state index in [0.717, 1.165) is 17.7 Å². The van der Waals surface area contributed by atoms with E-state index in [4.69, 9.17) is 4.74 Å².